The lowest BCUT2D eigenvalue weighted by Gasteiger charge is -2.17. The summed E-state index contributed by atoms with van der Waals surface area (Å²) in [5.41, 5.74) is 4.95. The van der Waals surface area contributed by atoms with Gasteiger partial charge < -0.3 is 4.90 Å². The molecule has 116 valence electrons. The molecular weight excluding hydrogens is 290 g/mol. The Hall–Kier alpha value is -1.74. The SMILES string of the molecule is Cc1ccc(CSCC(=O)N(C)Cc2ccc(C)cc2)cc1. The molecule has 0 heterocycles. The van der Waals surface area contributed by atoms with Crippen LogP contribution in [0.3, 0.4) is 0 Å². The average Bonchev–Trinajstić information content (AvgIpc) is 2.51. The fourth-order valence-corrected chi connectivity index (χ4v) is 3.03. The molecule has 22 heavy (non-hydrogen) atoms. The van der Waals surface area contributed by atoms with Crippen molar-refractivity contribution in [2.24, 2.45) is 0 Å². The first-order valence-electron chi connectivity index (χ1n) is 7.47. The van der Waals surface area contributed by atoms with Crippen LogP contribution in [0.4, 0.5) is 0 Å². The molecule has 1 amide bonds. The molecule has 0 spiro atoms. The summed E-state index contributed by atoms with van der Waals surface area (Å²) in [6.07, 6.45) is 0. The summed E-state index contributed by atoms with van der Waals surface area (Å²) in [7, 11) is 1.87. The van der Waals surface area contributed by atoms with Gasteiger partial charge in [-0.25, -0.2) is 0 Å². The van der Waals surface area contributed by atoms with Crippen molar-refractivity contribution < 1.29 is 4.79 Å². The molecule has 0 radical (unpaired) electrons. The number of benzene rings is 2. The molecule has 0 saturated carbocycles. The Labute approximate surface area is 137 Å². The average molecular weight is 313 g/mol. The molecule has 0 aromatic heterocycles. The van der Waals surface area contributed by atoms with E-state index in [1.54, 1.807) is 16.7 Å². The van der Waals surface area contributed by atoms with E-state index in [1.165, 1.54) is 22.3 Å². The Morgan fingerprint density at radius 1 is 0.909 bits per heavy atom. The number of hydrogen-bond acceptors (Lipinski definition) is 2. The molecule has 2 aromatic rings. The van der Waals surface area contributed by atoms with Gasteiger partial charge in [0.05, 0.1) is 5.75 Å². The van der Waals surface area contributed by atoms with Gasteiger partial charge in [-0.1, -0.05) is 59.7 Å². The minimum atomic E-state index is 0.178. The molecule has 0 unspecified atom stereocenters. The predicted octanol–water partition coefficient (Wildman–Crippen LogP) is 4.20. The summed E-state index contributed by atoms with van der Waals surface area (Å²) in [6, 6.07) is 16.8. The molecule has 0 bridgehead atoms. The lowest BCUT2D eigenvalue weighted by molar-refractivity contribution is -0.127. The highest BCUT2D eigenvalue weighted by molar-refractivity contribution is 7.99. The molecule has 0 saturated heterocycles. The molecule has 0 aliphatic heterocycles. The highest BCUT2D eigenvalue weighted by Gasteiger charge is 2.09. The summed E-state index contributed by atoms with van der Waals surface area (Å²) in [5.74, 6) is 1.58. The van der Waals surface area contributed by atoms with Crippen molar-refractivity contribution in [1.82, 2.24) is 4.90 Å². The van der Waals surface area contributed by atoms with Gasteiger partial charge in [0.2, 0.25) is 5.91 Å². The van der Waals surface area contributed by atoms with Crippen molar-refractivity contribution >= 4 is 17.7 Å². The Bertz CT molecular complexity index is 604. The fraction of sp³-hybridized carbons (Fsp3) is 0.316. The topological polar surface area (TPSA) is 20.3 Å². The molecule has 2 aromatic carbocycles. The normalized spacial score (nSPS) is 10.5. The Morgan fingerprint density at radius 3 is 1.95 bits per heavy atom. The van der Waals surface area contributed by atoms with Crippen LogP contribution in [0.1, 0.15) is 22.3 Å². The van der Waals surface area contributed by atoms with Crippen LogP contribution in [0.25, 0.3) is 0 Å². The van der Waals surface area contributed by atoms with Crippen LogP contribution in [0.15, 0.2) is 48.5 Å². The maximum absolute atomic E-state index is 12.2. The van der Waals surface area contributed by atoms with Crippen molar-refractivity contribution in [1.29, 1.82) is 0 Å². The van der Waals surface area contributed by atoms with Gasteiger partial charge in [0.1, 0.15) is 0 Å². The maximum atomic E-state index is 12.2. The molecule has 0 atom stereocenters. The van der Waals surface area contributed by atoms with Crippen LogP contribution in [0.2, 0.25) is 0 Å². The van der Waals surface area contributed by atoms with E-state index in [2.05, 4.69) is 62.4 Å². The highest BCUT2D eigenvalue weighted by atomic mass is 32.2. The molecule has 0 aliphatic carbocycles. The Morgan fingerprint density at radius 2 is 1.41 bits per heavy atom. The Kier molecular flexibility index (Phi) is 6.08. The van der Waals surface area contributed by atoms with Gasteiger partial charge in [-0.05, 0) is 25.0 Å². The van der Waals surface area contributed by atoms with Gasteiger partial charge in [0.15, 0.2) is 0 Å². The molecule has 2 nitrogen and oxygen atoms in total. The van der Waals surface area contributed by atoms with Crippen LogP contribution in [-0.2, 0) is 17.1 Å². The van der Waals surface area contributed by atoms with E-state index in [0.29, 0.717) is 12.3 Å². The highest BCUT2D eigenvalue weighted by Crippen LogP contribution is 2.14. The summed E-state index contributed by atoms with van der Waals surface area (Å²) >= 11 is 1.67. The van der Waals surface area contributed by atoms with E-state index in [0.717, 1.165) is 5.75 Å². The van der Waals surface area contributed by atoms with E-state index in [4.69, 9.17) is 0 Å². The van der Waals surface area contributed by atoms with Gasteiger partial charge in [0, 0.05) is 19.3 Å². The summed E-state index contributed by atoms with van der Waals surface area (Å²) in [5, 5.41) is 0. The van der Waals surface area contributed by atoms with Crippen LogP contribution in [0.5, 0.6) is 0 Å². The van der Waals surface area contributed by atoms with Crippen molar-refractivity contribution in [3.63, 3.8) is 0 Å². The zero-order valence-electron chi connectivity index (χ0n) is 13.5. The molecule has 0 N–H and O–H groups in total. The van der Waals surface area contributed by atoms with E-state index in [-0.39, 0.29) is 5.91 Å². The second-order valence-electron chi connectivity index (χ2n) is 5.71. The van der Waals surface area contributed by atoms with Crippen molar-refractivity contribution in [3.8, 4) is 0 Å². The number of carbonyl (C=O) groups excluding carboxylic acids is 1. The molecule has 2 rings (SSSR count). The number of carbonyl (C=O) groups is 1. The van der Waals surface area contributed by atoms with Gasteiger partial charge >= 0.3 is 0 Å². The van der Waals surface area contributed by atoms with Crippen LogP contribution in [-0.4, -0.2) is 23.6 Å². The lowest BCUT2D eigenvalue weighted by Crippen LogP contribution is -2.27. The van der Waals surface area contributed by atoms with E-state index in [1.807, 2.05) is 7.05 Å². The fourth-order valence-electron chi connectivity index (χ4n) is 2.11. The number of aryl methyl sites for hydroxylation is 2. The van der Waals surface area contributed by atoms with Crippen LogP contribution < -0.4 is 0 Å². The minimum Gasteiger partial charge on any atom is -0.341 e. The van der Waals surface area contributed by atoms with Crippen molar-refractivity contribution in [2.75, 3.05) is 12.8 Å². The first-order valence-corrected chi connectivity index (χ1v) is 8.63. The zero-order valence-corrected chi connectivity index (χ0v) is 14.3. The number of nitrogens with zero attached hydrogens (tertiary/aromatic N) is 1. The maximum Gasteiger partial charge on any atom is 0.232 e. The largest absolute Gasteiger partial charge is 0.341 e. The van der Waals surface area contributed by atoms with Gasteiger partial charge in [-0.15, -0.1) is 11.8 Å². The van der Waals surface area contributed by atoms with E-state index in [9.17, 15) is 4.79 Å². The van der Waals surface area contributed by atoms with Crippen LogP contribution in [0, 0.1) is 13.8 Å². The quantitative estimate of drug-likeness (QED) is 0.797. The number of rotatable bonds is 6. The van der Waals surface area contributed by atoms with Gasteiger partial charge in [-0.2, -0.15) is 0 Å². The summed E-state index contributed by atoms with van der Waals surface area (Å²) in [6.45, 7) is 4.82. The standard InChI is InChI=1S/C19H23NOS/c1-15-4-8-17(9-5-15)12-20(3)19(21)14-22-13-18-10-6-16(2)7-11-18/h4-11H,12-14H2,1-3H3. The number of amides is 1. The number of hydrogen-bond donors (Lipinski definition) is 0. The molecule has 0 fully saturated rings. The molecular formula is C19H23NOS. The van der Waals surface area contributed by atoms with Crippen molar-refractivity contribution in [2.45, 2.75) is 26.1 Å². The smallest absolute Gasteiger partial charge is 0.232 e. The van der Waals surface area contributed by atoms with Crippen molar-refractivity contribution in [3.05, 3.63) is 70.8 Å². The summed E-state index contributed by atoms with van der Waals surface area (Å²) in [4.78, 5) is 14.0. The lowest BCUT2D eigenvalue weighted by atomic mass is 10.1. The third kappa shape index (κ3) is 5.23. The van der Waals surface area contributed by atoms with Gasteiger partial charge in [-0.3, -0.25) is 4.79 Å². The predicted molar refractivity (Wildman–Crippen MR) is 95.0 cm³/mol. The first kappa shape index (κ1) is 16.6. The first-order chi connectivity index (χ1) is 10.5. The monoisotopic (exact) mass is 313 g/mol. The van der Waals surface area contributed by atoms with Gasteiger partial charge in [0.25, 0.3) is 0 Å². The van der Waals surface area contributed by atoms with E-state index < -0.39 is 0 Å². The third-order valence-electron chi connectivity index (χ3n) is 3.58. The third-order valence-corrected chi connectivity index (χ3v) is 4.57. The molecule has 3 heteroatoms. The van der Waals surface area contributed by atoms with E-state index >= 15 is 0 Å². The second kappa shape index (κ2) is 8.04. The zero-order chi connectivity index (χ0) is 15.9. The minimum absolute atomic E-state index is 0.178. The number of thioether (sulfide) groups is 1. The van der Waals surface area contributed by atoms with Crippen LogP contribution >= 0.6 is 11.8 Å². The second-order valence-corrected chi connectivity index (χ2v) is 6.70. The molecule has 0 aliphatic rings. The summed E-state index contributed by atoms with van der Waals surface area (Å²) < 4.78 is 0. The Balaban J connectivity index is 1.76.